The summed E-state index contributed by atoms with van der Waals surface area (Å²) in [5.74, 6) is 0.227. The number of rotatable bonds is 10. The van der Waals surface area contributed by atoms with Crippen LogP contribution in [-0.2, 0) is 22.6 Å². The first kappa shape index (κ1) is 33.3. The second-order valence-electron chi connectivity index (χ2n) is 14.0. The Morgan fingerprint density at radius 2 is 1.51 bits per heavy atom. The van der Waals surface area contributed by atoms with Crippen molar-refractivity contribution in [2.45, 2.75) is 70.1 Å². The Hall–Kier alpha value is -4.83. The van der Waals surface area contributed by atoms with E-state index in [-0.39, 0.29) is 29.5 Å². The van der Waals surface area contributed by atoms with Crippen molar-refractivity contribution in [3.8, 4) is 33.4 Å². The van der Waals surface area contributed by atoms with Crippen LogP contribution in [0.2, 0.25) is 5.02 Å². The maximum Gasteiger partial charge on any atom is 0.262 e. The first-order valence-electron chi connectivity index (χ1n) is 17.9. The third kappa shape index (κ3) is 6.69. The zero-order valence-corrected chi connectivity index (χ0v) is 29.4. The Labute approximate surface area is 301 Å². The lowest BCUT2D eigenvalue weighted by atomic mass is 9.91. The summed E-state index contributed by atoms with van der Waals surface area (Å²) in [6.45, 7) is 3.90. The summed E-state index contributed by atoms with van der Waals surface area (Å²) in [6.07, 6.45) is 8.35. The van der Waals surface area contributed by atoms with Crippen LogP contribution in [0.5, 0.6) is 0 Å². The summed E-state index contributed by atoms with van der Waals surface area (Å²) in [4.78, 5) is 41.0. The molecule has 2 amide bonds. The minimum Gasteiger partial charge on any atom is -0.352 e. The van der Waals surface area contributed by atoms with E-state index in [1.807, 2.05) is 18.2 Å². The number of halogens is 1. The van der Waals surface area contributed by atoms with E-state index in [2.05, 4.69) is 81.7 Å². The van der Waals surface area contributed by atoms with E-state index in [1.54, 1.807) is 16.8 Å². The molecule has 10 heteroatoms. The van der Waals surface area contributed by atoms with Gasteiger partial charge in [-0.3, -0.25) is 18.8 Å². The molecule has 5 aromatic rings. The van der Waals surface area contributed by atoms with Crippen LogP contribution in [0.3, 0.4) is 0 Å². The predicted molar refractivity (Wildman–Crippen MR) is 201 cm³/mol. The van der Waals surface area contributed by atoms with Crippen LogP contribution in [-0.4, -0.2) is 46.4 Å². The maximum absolute atomic E-state index is 13.3. The number of pyridine rings is 1. The summed E-state index contributed by atoms with van der Waals surface area (Å²) in [5, 5.41) is 13.7. The molecule has 4 N–H and O–H groups in total. The Kier molecular flexibility index (Phi) is 9.19. The summed E-state index contributed by atoms with van der Waals surface area (Å²) in [7, 11) is 0. The van der Waals surface area contributed by atoms with Gasteiger partial charge in [0.2, 0.25) is 11.8 Å². The Balaban J connectivity index is 1.01. The summed E-state index contributed by atoms with van der Waals surface area (Å²) in [5.41, 5.74) is 10.9. The van der Waals surface area contributed by atoms with Gasteiger partial charge in [-0.05, 0) is 83.7 Å². The molecule has 260 valence electrons. The SMILES string of the molecule is Cc1c(-c2ccn3c(=O)c(CNCC4CCC(=O)N4)cnc3c2)cccc1-c1cccc(-c2ccc3c(c2)CCC3NCC2CCC(=O)N2)c1Cl. The van der Waals surface area contributed by atoms with Crippen molar-refractivity contribution in [2.24, 2.45) is 0 Å². The van der Waals surface area contributed by atoms with E-state index in [0.29, 0.717) is 48.2 Å². The number of nitrogens with zero attached hydrogens (tertiary/aromatic N) is 2. The lowest BCUT2D eigenvalue weighted by molar-refractivity contribution is -0.120. The number of hydrogen-bond donors (Lipinski definition) is 4. The van der Waals surface area contributed by atoms with Crippen molar-refractivity contribution in [3.05, 3.63) is 117 Å². The molecule has 3 atom stereocenters. The molecule has 3 aliphatic rings. The summed E-state index contributed by atoms with van der Waals surface area (Å²) < 4.78 is 1.58. The van der Waals surface area contributed by atoms with Crippen molar-refractivity contribution in [1.29, 1.82) is 0 Å². The quantitative estimate of drug-likeness (QED) is 0.145. The van der Waals surface area contributed by atoms with E-state index in [9.17, 15) is 14.4 Å². The molecule has 0 saturated carbocycles. The number of carbonyl (C=O) groups excluding carboxylic acids is 2. The number of fused-ring (bicyclic) bond motifs is 2. The minimum atomic E-state index is -0.110. The van der Waals surface area contributed by atoms with Gasteiger partial charge in [-0.15, -0.1) is 0 Å². The molecular weight excluding hydrogens is 660 g/mol. The monoisotopic (exact) mass is 700 g/mol. The number of carbonyl (C=O) groups is 2. The number of aromatic nitrogens is 2. The smallest absolute Gasteiger partial charge is 0.262 e. The van der Waals surface area contributed by atoms with E-state index in [0.717, 1.165) is 71.2 Å². The van der Waals surface area contributed by atoms with E-state index >= 15 is 0 Å². The van der Waals surface area contributed by atoms with Crippen LogP contribution in [0.15, 0.2) is 83.9 Å². The van der Waals surface area contributed by atoms with Gasteiger partial charge >= 0.3 is 0 Å². The Bertz CT molecular complexity index is 2230. The fraction of sp³-hybridized carbons (Fsp3) is 0.317. The van der Waals surface area contributed by atoms with Crippen molar-refractivity contribution < 1.29 is 9.59 Å². The maximum atomic E-state index is 13.3. The largest absolute Gasteiger partial charge is 0.352 e. The molecular formula is C41H41ClN6O3. The van der Waals surface area contributed by atoms with Crippen LogP contribution in [0.4, 0.5) is 0 Å². The molecule has 2 saturated heterocycles. The second kappa shape index (κ2) is 14.1. The highest BCUT2D eigenvalue weighted by Gasteiger charge is 2.26. The second-order valence-corrected chi connectivity index (χ2v) is 14.4. The lowest BCUT2D eigenvalue weighted by Crippen LogP contribution is -2.36. The van der Waals surface area contributed by atoms with Gasteiger partial charge in [0.15, 0.2) is 0 Å². The van der Waals surface area contributed by atoms with Crippen LogP contribution in [0.1, 0.15) is 60.4 Å². The molecule has 2 aromatic heterocycles. The van der Waals surface area contributed by atoms with Gasteiger partial charge in [-0.1, -0.05) is 66.2 Å². The topological polar surface area (TPSA) is 117 Å². The van der Waals surface area contributed by atoms with Crippen molar-refractivity contribution >= 4 is 29.1 Å². The highest BCUT2D eigenvalue weighted by molar-refractivity contribution is 6.36. The fourth-order valence-electron chi connectivity index (χ4n) is 7.93. The molecule has 51 heavy (non-hydrogen) atoms. The van der Waals surface area contributed by atoms with Crippen LogP contribution in [0, 0.1) is 6.92 Å². The summed E-state index contributed by atoms with van der Waals surface area (Å²) >= 11 is 7.23. The number of amides is 2. The first-order valence-corrected chi connectivity index (χ1v) is 18.3. The van der Waals surface area contributed by atoms with Gasteiger partial charge in [0.1, 0.15) is 5.65 Å². The predicted octanol–water partition coefficient (Wildman–Crippen LogP) is 5.88. The number of nitrogens with one attached hydrogen (secondary N) is 4. The molecule has 2 aliphatic heterocycles. The van der Waals surface area contributed by atoms with Gasteiger partial charge in [-0.2, -0.15) is 0 Å². The molecule has 0 radical (unpaired) electrons. The van der Waals surface area contributed by atoms with Gasteiger partial charge in [0.05, 0.1) is 5.02 Å². The Morgan fingerprint density at radius 3 is 2.27 bits per heavy atom. The molecule has 8 rings (SSSR count). The Morgan fingerprint density at radius 1 is 0.804 bits per heavy atom. The molecule has 3 unspecified atom stereocenters. The zero-order valence-electron chi connectivity index (χ0n) is 28.6. The number of aryl methyl sites for hydroxylation is 1. The van der Waals surface area contributed by atoms with Crippen LogP contribution >= 0.6 is 11.6 Å². The molecule has 2 fully saturated rings. The van der Waals surface area contributed by atoms with Gasteiger partial charge in [-0.25, -0.2) is 4.98 Å². The third-order valence-electron chi connectivity index (χ3n) is 10.7. The van der Waals surface area contributed by atoms with Gasteiger partial charge < -0.3 is 21.3 Å². The molecule has 1 aliphatic carbocycles. The molecule has 0 spiro atoms. The van der Waals surface area contributed by atoms with Crippen molar-refractivity contribution in [2.75, 3.05) is 13.1 Å². The molecule has 4 heterocycles. The van der Waals surface area contributed by atoms with E-state index in [4.69, 9.17) is 11.6 Å². The first-order chi connectivity index (χ1) is 24.8. The summed E-state index contributed by atoms with van der Waals surface area (Å²) in [6, 6.07) is 23.7. The lowest BCUT2D eigenvalue weighted by Gasteiger charge is -2.18. The zero-order chi connectivity index (χ0) is 35.1. The number of benzene rings is 3. The van der Waals surface area contributed by atoms with E-state index < -0.39 is 0 Å². The average molecular weight is 701 g/mol. The van der Waals surface area contributed by atoms with E-state index in [1.165, 1.54) is 11.1 Å². The minimum absolute atomic E-state index is 0.0780. The molecule has 9 nitrogen and oxygen atoms in total. The van der Waals surface area contributed by atoms with Crippen LogP contribution in [0.25, 0.3) is 39.0 Å². The van der Waals surface area contributed by atoms with Crippen molar-refractivity contribution in [3.63, 3.8) is 0 Å². The van der Waals surface area contributed by atoms with Crippen molar-refractivity contribution in [1.82, 2.24) is 30.7 Å². The molecule has 3 aromatic carbocycles. The fourth-order valence-corrected chi connectivity index (χ4v) is 8.27. The van der Waals surface area contributed by atoms with Gasteiger partial charge in [0, 0.05) is 79.7 Å². The third-order valence-corrected chi connectivity index (χ3v) is 11.1. The van der Waals surface area contributed by atoms with Gasteiger partial charge in [0.25, 0.3) is 5.56 Å². The van der Waals surface area contributed by atoms with Crippen LogP contribution < -0.4 is 26.8 Å². The number of hydrogen-bond acceptors (Lipinski definition) is 6. The average Bonchev–Trinajstić information content (AvgIpc) is 3.87. The highest BCUT2D eigenvalue weighted by Crippen LogP contribution is 2.41. The molecule has 0 bridgehead atoms. The highest BCUT2D eigenvalue weighted by atomic mass is 35.5. The normalized spacial score (nSPS) is 19.8. The standard InChI is InChI=1S/C41H41ClN6O3/c1-24-31(27-16-17-48-37(19-27)45-21-28(41(48)51)20-43-22-29-10-14-38(49)46-29)4-2-5-32(24)35-7-3-6-34(40(35)42)26-8-12-33-25(18-26)9-13-36(33)44-23-30-11-15-39(50)47-30/h2-8,12,16-19,21,29-30,36,43-44H,9-11,13-15,20,22-23H2,1H3,(H,46,49)(H,47,50).